The zero-order valence-corrected chi connectivity index (χ0v) is 16.0. The van der Waals surface area contributed by atoms with Gasteiger partial charge in [-0.3, -0.25) is 9.48 Å². The van der Waals surface area contributed by atoms with Crippen LogP contribution in [0.4, 0.5) is 5.82 Å². The molecule has 0 unspecified atom stereocenters. The smallest absolute Gasteiger partial charge is 0.237 e. The van der Waals surface area contributed by atoms with E-state index in [-0.39, 0.29) is 11.9 Å². The maximum Gasteiger partial charge on any atom is 0.237 e. The number of nitrogens with one attached hydrogen (secondary N) is 2. The van der Waals surface area contributed by atoms with Crippen LogP contribution in [0.25, 0.3) is 0 Å². The Balaban J connectivity index is 2.03. The number of hydrogen-bond donors (Lipinski definition) is 2. The molecule has 6 nitrogen and oxygen atoms in total. The fourth-order valence-electron chi connectivity index (χ4n) is 3.52. The average Bonchev–Trinajstić information content (AvgIpc) is 3.11. The second kappa shape index (κ2) is 8.01. The number of rotatable bonds is 7. The first-order valence-corrected chi connectivity index (χ1v) is 9.08. The van der Waals surface area contributed by atoms with E-state index in [2.05, 4.69) is 34.5 Å². The molecule has 0 spiro atoms. The van der Waals surface area contributed by atoms with Crippen LogP contribution in [-0.4, -0.2) is 41.9 Å². The van der Waals surface area contributed by atoms with Gasteiger partial charge in [0.15, 0.2) is 0 Å². The minimum absolute atomic E-state index is 0.100. The van der Waals surface area contributed by atoms with Gasteiger partial charge in [-0.15, -0.1) is 0 Å². The molecule has 0 aromatic carbocycles. The van der Waals surface area contributed by atoms with Gasteiger partial charge in [0.25, 0.3) is 0 Å². The number of anilines is 1. The van der Waals surface area contributed by atoms with Crippen molar-refractivity contribution in [2.24, 2.45) is 7.05 Å². The summed E-state index contributed by atoms with van der Waals surface area (Å²) in [5.74, 6) is 1.54. The third-order valence-corrected chi connectivity index (χ3v) is 4.79. The lowest BCUT2D eigenvalue weighted by Crippen LogP contribution is -2.45. The Labute approximate surface area is 146 Å². The molecule has 0 radical (unpaired) electrons. The Hall–Kier alpha value is -1.56. The molecule has 1 aromatic heterocycles. The molecule has 1 aromatic rings. The molecule has 1 heterocycles. The van der Waals surface area contributed by atoms with Crippen molar-refractivity contribution < 1.29 is 4.79 Å². The molecule has 0 aliphatic heterocycles. The van der Waals surface area contributed by atoms with Gasteiger partial charge in [-0.2, -0.15) is 5.10 Å². The van der Waals surface area contributed by atoms with Gasteiger partial charge >= 0.3 is 0 Å². The standard InChI is InChI=1S/C18H33N5O/c1-12(2)16-15(18(22(4)5)23(6)21-16)11-19-13(3)17(24)20-14-9-7-8-10-14/h12-14,19H,7-11H2,1-6H3,(H,20,24)/t13-/m1/s1. The fourth-order valence-corrected chi connectivity index (χ4v) is 3.52. The van der Waals surface area contributed by atoms with Gasteiger partial charge in [-0.1, -0.05) is 26.7 Å². The zero-order chi connectivity index (χ0) is 17.9. The minimum atomic E-state index is -0.208. The van der Waals surface area contributed by atoms with Crippen molar-refractivity contribution in [1.82, 2.24) is 20.4 Å². The molecule has 1 amide bonds. The summed E-state index contributed by atoms with van der Waals surface area (Å²) in [4.78, 5) is 14.4. The fraction of sp³-hybridized carbons (Fsp3) is 0.778. The molecule has 1 saturated carbocycles. The highest BCUT2D eigenvalue weighted by Gasteiger charge is 2.23. The molecule has 24 heavy (non-hydrogen) atoms. The van der Waals surface area contributed by atoms with Gasteiger partial charge in [0, 0.05) is 39.3 Å². The van der Waals surface area contributed by atoms with Gasteiger partial charge < -0.3 is 15.5 Å². The molecule has 1 fully saturated rings. The third-order valence-electron chi connectivity index (χ3n) is 4.79. The van der Waals surface area contributed by atoms with Gasteiger partial charge in [0.1, 0.15) is 5.82 Å². The molecule has 2 N–H and O–H groups in total. The van der Waals surface area contributed by atoms with E-state index in [1.807, 2.05) is 32.7 Å². The second-order valence-electron chi connectivity index (χ2n) is 7.45. The van der Waals surface area contributed by atoms with Gasteiger partial charge in [-0.25, -0.2) is 0 Å². The molecule has 6 heteroatoms. The van der Waals surface area contributed by atoms with E-state index < -0.39 is 0 Å². The highest BCUT2D eigenvalue weighted by molar-refractivity contribution is 5.81. The van der Waals surface area contributed by atoms with Gasteiger partial charge in [-0.05, 0) is 25.7 Å². The lowest BCUT2D eigenvalue weighted by Gasteiger charge is -2.20. The minimum Gasteiger partial charge on any atom is -0.363 e. The molecule has 0 bridgehead atoms. The van der Waals surface area contributed by atoms with Crippen LogP contribution in [0.15, 0.2) is 0 Å². The molecule has 1 aliphatic carbocycles. The summed E-state index contributed by atoms with van der Waals surface area (Å²) in [6.07, 6.45) is 4.69. The topological polar surface area (TPSA) is 62.2 Å². The number of aryl methyl sites for hydroxylation is 1. The Morgan fingerprint density at radius 3 is 2.46 bits per heavy atom. The van der Waals surface area contributed by atoms with Crippen molar-refractivity contribution in [2.45, 2.75) is 71.0 Å². The maximum absolute atomic E-state index is 12.4. The van der Waals surface area contributed by atoms with Crippen molar-refractivity contribution >= 4 is 11.7 Å². The van der Waals surface area contributed by atoms with Crippen LogP contribution in [-0.2, 0) is 18.4 Å². The SMILES string of the molecule is CC(C)c1nn(C)c(N(C)C)c1CN[C@H](C)C(=O)NC1CCCC1. The normalized spacial score (nSPS) is 16.6. The zero-order valence-electron chi connectivity index (χ0n) is 16.0. The first-order valence-electron chi connectivity index (χ1n) is 9.08. The van der Waals surface area contributed by atoms with E-state index in [9.17, 15) is 4.79 Å². The first kappa shape index (κ1) is 18.8. The second-order valence-corrected chi connectivity index (χ2v) is 7.45. The van der Waals surface area contributed by atoms with Crippen LogP contribution in [0.5, 0.6) is 0 Å². The van der Waals surface area contributed by atoms with E-state index in [1.54, 1.807) is 0 Å². The Bertz CT molecular complexity index is 558. The molecular weight excluding hydrogens is 302 g/mol. The lowest BCUT2D eigenvalue weighted by atomic mass is 10.0. The van der Waals surface area contributed by atoms with Gasteiger partial charge in [0.05, 0.1) is 11.7 Å². The molecule has 1 aliphatic rings. The van der Waals surface area contributed by atoms with Crippen molar-refractivity contribution in [3.05, 3.63) is 11.3 Å². The van der Waals surface area contributed by atoms with E-state index in [0.717, 1.165) is 24.4 Å². The lowest BCUT2D eigenvalue weighted by molar-refractivity contribution is -0.123. The summed E-state index contributed by atoms with van der Waals surface area (Å²) in [5, 5.41) is 11.2. The largest absolute Gasteiger partial charge is 0.363 e. The third kappa shape index (κ3) is 4.29. The number of aromatic nitrogens is 2. The summed E-state index contributed by atoms with van der Waals surface area (Å²) >= 11 is 0. The quantitative estimate of drug-likeness (QED) is 0.801. The van der Waals surface area contributed by atoms with Crippen LogP contribution in [0.1, 0.15) is 63.6 Å². The van der Waals surface area contributed by atoms with Crippen LogP contribution in [0.2, 0.25) is 0 Å². The molecule has 0 saturated heterocycles. The van der Waals surface area contributed by atoms with E-state index >= 15 is 0 Å². The number of amides is 1. The molecule has 136 valence electrons. The monoisotopic (exact) mass is 335 g/mol. The summed E-state index contributed by atoms with van der Waals surface area (Å²) in [5.41, 5.74) is 2.27. The summed E-state index contributed by atoms with van der Waals surface area (Å²) in [6.45, 7) is 6.89. The summed E-state index contributed by atoms with van der Waals surface area (Å²) in [6, 6.07) is 0.157. The Morgan fingerprint density at radius 2 is 1.92 bits per heavy atom. The van der Waals surface area contributed by atoms with E-state index in [4.69, 9.17) is 0 Å². The molecule has 2 rings (SSSR count). The highest BCUT2D eigenvalue weighted by atomic mass is 16.2. The van der Waals surface area contributed by atoms with Crippen LogP contribution in [0, 0.1) is 0 Å². The molecular formula is C18H33N5O. The van der Waals surface area contributed by atoms with Crippen molar-refractivity contribution in [1.29, 1.82) is 0 Å². The van der Waals surface area contributed by atoms with Crippen LogP contribution >= 0.6 is 0 Å². The predicted molar refractivity (Wildman–Crippen MR) is 98.3 cm³/mol. The number of carbonyl (C=O) groups is 1. The number of nitrogens with zero attached hydrogens (tertiary/aromatic N) is 3. The Kier molecular flexibility index (Phi) is 6.27. The van der Waals surface area contributed by atoms with E-state index in [1.165, 1.54) is 18.4 Å². The average molecular weight is 335 g/mol. The number of carbonyl (C=O) groups excluding carboxylic acids is 1. The van der Waals surface area contributed by atoms with Crippen molar-refractivity contribution in [3.8, 4) is 0 Å². The maximum atomic E-state index is 12.4. The molecule has 1 atom stereocenters. The van der Waals surface area contributed by atoms with E-state index in [0.29, 0.717) is 18.5 Å². The number of hydrogen-bond acceptors (Lipinski definition) is 4. The summed E-state index contributed by atoms with van der Waals surface area (Å²) in [7, 11) is 6.03. The van der Waals surface area contributed by atoms with Crippen LogP contribution in [0.3, 0.4) is 0 Å². The first-order chi connectivity index (χ1) is 11.3. The van der Waals surface area contributed by atoms with Crippen LogP contribution < -0.4 is 15.5 Å². The predicted octanol–water partition coefficient (Wildman–Crippen LogP) is 2.15. The van der Waals surface area contributed by atoms with Crippen molar-refractivity contribution in [2.75, 3.05) is 19.0 Å². The summed E-state index contributed by atoms with van der Waals surface area (Å²) < 4.78 is 1.93. The Morgan fingerprint density at radius 1 is 1.29 bits per heavy atom. The van der Waals surface area contributed by atoms with Gasteiger partial charge in [0.2, 0.25) is 5.91 Å². The van der Waals surface area contributed by atoms with Crippen molar-refractivity contribution in [3.63, 3.8) is 0 Å². The highest BCUT2D eigenvalue weighted by Crippen LogP contribution is 2.27.